The van der Waals surface area contributed by atoms with Gasteiger partial charge in [0.05, 0.1) is 16.5 Å². The van der Waals surface area contributed by atoms with E-state index in [1.807, 2.05) is 32.9 Å². The van der Waals surface area contributed by atoms with Crippen molar-refractivity contribution in [3.8, 4) is 0 Å². The molecule has 2 aromatic rings. The van der Waals surface area contributed by atoms with Gasteiger partial charge in [0, 0.05) is 30.8 Å². The number of hydrogen-bond donors (Lipinski definition) is 1. The van der Waals surface area contributed by atoms with Gasteiger partial charge in [-0.2, -0.15) is 0 Å². The third kappa shape index (κ3) is 4.55. The van der Waals surface area contributed by atoms with Gasteiger partial charge in [-0.15, -0.1) is 0 Å². The smallest absolute Gasteiger partial charge is 0.295 e. The SMILES string of the molecule is CCN(CC)CCN1C(=O)C(=O)/C(=C(/O)c2ccc(C)cc2)[C@@H]1c1ccc([N+](=O)[O-])cc1. The lowest BCUT2D eigenvalue weighted by Crippen LogP contribution is -2.38. The molecule has 8 nitrogen and oxygen atoms in total. The van der Waals surface area contributed by atoms with E-state index in [9.17, 15) is 24.8 Å². The summed E-state index contributed by atoms with van der Waals surface area (Å²) < 4.78 is 0. The zero-order valence-corrected chi connectivity index (χ0v) is 18.4. The Balaban J connectivity index is 2.10. The molecule has 0 aromatic heterocycles. The maximum atomic E-state index is 13.0. The van der Waals surface area contributed by atoms with Gasteiger partial charge in [0.1, 0.15) is 5.76 Å². The molecule has 0 unspecified atom stereocenters. The number of nitro benzene ring substituents is 1. The highest BCUT2D eigenvalue weighted by atomic mass is 16.6. The van der Waals surface area contributed by atoms with E-state index in [4.69, 9.17) is 0 Å². The molecule has 0 radical (unpaired) electrons. The van der Waals surface area contributed by atoms with E-state index in [1.165, 1.54) is 29.2 Å². The normalized spacial score (nSPS) is 17.9. The number of hydrogen-bond acceptors (Lipinski definition) is 6. The number of likely N-dealkylation sites (tertiary alicyclic amines) is 1. The number of aryl methyl sites for hydroxylation is 1. The Morgan fingerprint density at radius 3 is 2.19 bits per heavy atom. The number of ketones is 1. The minimum absolute atomic E-state index is 0.00717. The lowest BCUT2D eigenvalue weighted by atomic mass is 9.95. The predicted octanol–water partition coefficient (Wildman–Crippen LogP) is 3.67. The topological polar surface area (TPSA) is 104 Å². The van der Waals surface area contributed by atoms with Gasteiger partial charge in [-0.05, 0) is 37.7 Å². The van der Waals surface area contributed by atoms with E-state index >= 15 is 0 Å². The molecule has 168 valence electrons. The van der Waals surface area contributed by atoms with E-state index in [0.29, 0.717) is 24.2 Å². The minimum atomic E-state index is -0.826. The van der Waals surface area contributed by atoms with E-state index in [1.54, 1.807) is 12.1 Å². The van der Waals surface area contributed by atoms with Crippen molar-refractivity contribution in [1.29, 1.82) is 0 Å². The number of non-ortho nitro benzene ring substituents is 1. The van der Waals surface area contributed by atoms with Crippen LogP contribution in [0.5, 0.6) is 0 Å². The fraction of sp³-hybridized carbons (Fsp3) is 0.333. The molecule has 32 heavy (non-hydrogen) atoms. The van der Waals surface area contributed by atoms with E-state index in [2.05, 4.69) is 4.90 Å². The zero-order valence-electron chi connectivity index (χ0n) is 18.4. The molecule has 1 fully saturated rings. The van der Waals surface area contributed by atoms with E-state index in [-0.39, 0.29) is 17.0 Å². The fourth-order valence-electron chi connectivity index (χ4n) is 3.89. The van der Waals surface area contributed by atoms with Crippen LogP contribution in [0.25, 0.3) is 5.76 Å². The number of nitro groups is 1. The zero-order chi connectivity index (χ0) is 23.4. The second-order valence-electron chi connectivity index (χ2n) is 7.73. The summed E-state index contributed by atoms with van der Waals surface area (Å²) in [5.41, 5.74) is 1.86. The molecule has 1 atom stereocenters. The standard InChI is InChI=1S/C24H27N3O5/c1-4-25(5-2)14-15-26-21(17-10-12-19(13-11-17)27(31)32)20(23(29)24(26)30)22(28)18-8-6-16(3)7-9-18/h6-13,21,28H,4-5,14-15H2,1-3H3/b22-20+/t21-/m0/s1. The molecule has 1 saturated heterocycles. The van der Waals surface area contributed by atoms with Gasteiger partial charge in [-0.3, -0.25) is 19.7 Å². The average molecular weight is 437 g/mol. The van der Waals surface area contributed by atoms with Crippen molar-refractivity contribution in [3.63, 3.8) is 0 Å². The predicted molar refractivity (Wildman–Crippen MR) is 121 cm³/mol. The molecule has 1 aliphatic rings. The van der Waals surface area contributed by atoms with Gasteiger partial charge in [0.25, 0.3) is 17.4 Å². The molecular weight excluding hydrogens is 410 g/mol. The Hall–Kier alpha value is -3.52. The van der Waals surface area contributed by atoms with Gasteiger partial charge in [-0.25, -0.2) is 0 Å². The Kier molecular flexibility index (Phi) is 7.05. The van der Waals surface area contributed by atoms with Crippen LogP contribution in [0, 0.1) is 17.0 Å². The summed E-state index contributed by atoms with van der Waals surface area (Å²) in [6, 6.07) is 11.9. The van der Waals surface area contributed by atoms with E-state index < -0.39 is 22.7 Å². The Morgan fingerprint density at radius 2 is 1.66 bits per heavy atom. The van der Waals surface area contributed by atoms with Gasteiger partial charge in [0.15, 0.2) is 0 Å². The second-order valence-corrected chi connectivity index (χ2v) is 7.73. The average Bonchev–Trinajstić information content (AvgIpc) is 3.04. The first-order valence-corrected chi connectivity index (χ1v) is 10.6. The van der Waals surface area contributed by atoms with Crippen molar-refractivity contribution in [3.05, 3.63) is 80.9 Å². The molecule has 8 heteroatoms. The number of carbonyl (C=O) groups is 2. The highest BCUT2D eigenvalue weighted by Gasteiger charge is 2.46. The third-order valence-corrected chi connectivity index (χ3v) is 5.84. The molecule has 1 heterocycles. The van der Waals surface area contributed by atoms with Crippen LogP contribution in [-0.2, 0) is 9.59 Å². The van der Waals surface area contributed by atoms with Crippen LogP contribution >= 0.6 is 0 Å². The monoisotopic (exact) mass is 437 g/mol. The first-order chi connectivity index (χ1) is 15.3. The maximum absolute atomic E-state index is 13.0. The number of amides is 1. The van der Waals surface area contributed by atoms with Crippen LogP contribution in [0.1, 0.15) is 36.6 Å². The van der Waals surface area contributed by atoms with Crippen molar-refractivity contribution in [1.82, 2.24) is 9.80 Å². The minimum Gasteiger partial charge on any atom is -0.507 e. The molecule has 0 spiro atoms. The second kappa shape index (κ2) is 9.74. The fourth-order valence-corrected chi connectivity index (χ4v) is 3.89. The molecule has 1 N–H and O–H groups in total. The van der Waals surface area contributed by atoms with Gasteiger partial charge in [-0.1, -0.05) is 43.7 Å². The van der Waals surface area contributed by atoms with Crippen molar-refractivity contribution in [2.24, 2.45) is 0 Å². The molecule has 3 rings (SSSR count). The molecule has 0 aliphatic carbocycles. The molecular formula is C24H27N3O5. The number of carbonyl (C=O) groups excluding carboxylic acids is 2. The van der Waals surface area contributed by atoms with Crippen LogP contribution < -0.4 is 0 Å². The molecule has 1 amide bonds. The number of rotatable bonds is 8. The summed E-state index contributed by atoms with van der Waals surface area (Å²) in [6.45, 7) is 8.39. The molecule has 0 saturated carbocycles. The van der Waals surface area contributed by atoms with Crippen molar-refractivity contribution in [2.75, 3.05) is 26.2 Å². The van der Waals surface area contributed by atoms with Crippen LogP contribution in [0.15, 0.2) is 54.1 Å². The van der Waals surface area contributed by atoms with E-state index in [0.717, 1.165) is 18.7 Å². The summed E-state index contributed by atoms with van der Waals surface area (Å²) in [5.74, 6) is -1.70. The van der Waals surface area contributed by atoms with Crippen molar-refractivity contribution in [2.45, 2.75) is 26.8 Å². The van der Waals surface area contributed by atoms with Crippen LogP contribution in [-0.4, -0.2) is 57.7 Å². The molecule has 1 aliphatic heterocycles. The number of likely N-dealkylation sites (N-methyl/N-ethyl adjacent to an activating group) is 1. The largest absolute Gasteiger partial charge is 0.507 e. The number of benzene rings is 2. The van der Waals surface area contributed by atoms with Gasteiger partial charge in [0.2, 0.25) is 0 Å². The number of aliphatic hydroxyl groups excluding tert-OH is 1. The Labute approximate surface area is 186 Å². The number of nitrogens with zero attached hydrogens (tertiary/aromatic N) is 3. The lowest BCUT2D eigenvalue weighted by Gasteiger charge is -2.28. The summed E-state index contributed by atoms with van der Waals surface area (Å²) in [7, 11) is 0. The lowest BCUT2D eigenvalue weighted by molar-refractivity contribution is -0.384. The van der Waals surface area contributed by atoms with Gasteiger partial charge < -0.3 is 14.9 Å². The van der Waals surface area contributed by atoms with Gasteiger partial charge >= 0.3 is 0 Å². The summed E-state index contributed by atoms with van der Waals surface area (Å²) in [5, 5.41) is 22.1. The number of aliphatic hydroxyl groups is 1. The Morgan fingerprint density at radius 1 is 1.06 bits per heavy atom. The quantitative estimate of drug-likeness (QED) is 0.222. The summed E-state index contributed by atoms with van der Waals surface area (Å²) in [6.07, 6.45) is 0. The summed E-state index contributed by atoms with van der Waals surface area (Å²) >= 11 is 0. The Bertz CT molecular complexity index is 1040. The highest BCUT2D eigenvalue weighted by molar-refractivity contribution is 6.46. The van der Waals surface area contributed by atoms with Crippen molar-refractivity contribution < 1.29 is 19.6 Å². The van der Waals surface area contributed by atoms with Crippen molar-refractivity contribution >= 4 is 23.1 Å². The molecule has 0 bridgehead atoms. The van der Waals surface area contributed by atoms with Crippen LogP contribution in [0.3, 0.4) is 0 Å². The molecule has 2 aromatic carbocycles. The first kappa shape index (κ1) is 23.1. The third-order valence-electron chi connectivity index (χ3n) is 5.84. The van der Waals surface area contributed by atoms with Crippen LogP contribution in [0.4, 0.5) is 5.69 Å². The first-order valence-electron chi connectivity index (χ1n) is 10.6. The van der Waals surface area contributed by atoms with Crippen LogP contribution in [0.2, 0.25) is 0 Å². The highest BCUT2D eigenvalue weighted by Crippen LogP contribution is 2.39. The summed E-state index contributed by atoms with van der Waals surface area (Å²) in [4.78, 5) is 40.1. The number of Topliss-reactive ketones (excluding diaryl/α,β-unsaturated/α-hetero) is 1. The maximum Gasteiger partial charge on any atom is 0.295 e.